The highest BCUT2D eigenvalue weighted by Gasteiger charge is 2.49. The van der Waals surface area contributed by atoms with Gasteiger partial charge in [0, 0.05) is 23.0 Å². The Balaban J connectivity index is 1.56. The van der Waals surface area contributed by atoms with Crippen LogP contribution in [-0.4, -0.2) is 16.6 Å². The molecule has 1 aliphatic carbocycles. The van der Waals surface area contributed by atoms with Crippen LogP contribution in [0.25, 0.3) is 22.6 Å². The quantitative estimate of drug-likeness (QED) is 0.789. The summed E-state index contributed by atoms with van der Waals surface area (Å²) >= 11 is 0. The van der Waals surface area contributed by atoms with Gasteiger partial charge in [-0.3, -0.25) is 4.79 Å². The summed E-state index contributed by atoms with van der Waals surface area (Å²) in [5.74, 6) is 0.987. The summed E-state index contributed by atoms with van der Waals surface area (Å²) in [7, 11) is 0. The molecule has 1 N–H and O–H groups in total. The zero-order valence-electron chi connectivity index (χ0n) is 13.1. The van der Waals surface area contributed by atoms with Crippen molar-refractivity contribution < 1.29 is 9.21 Å². The van der Waals surface area contributed by atoms with E-state index in [0.717, 1.165) is 34.4 Å². The van der Waals surface area contributed by atoms with Gasteiger partial charge in [0.25, 0.3) is 0 Å². The van der Waals surface area contributed by atoms with Crippen LogP contribution in [0.2, 0.25) is 0 Å². The number of fused-ring (bicyclic) bond motifs is 2. The topological polar surface area (TPSA) is 67.5 Å². The third-order valence-corrected chi connectivity index (χ3v) is 4.71. The predicted molar refractivity (Wildman–Crippen MR) is 90.5 cm³/mol. The van der Waals surface area contributed by atoms with Gasteiger partial charge in [-0.05, 0) is 37.6 Å². The third-order valence-electron chi connectivity index (χ3n) is 4.71. The number of oxazole rings is 1. The lowest BCUT2D eigenvalue weighted by Crippen LogP contribution is -2.28. The van der Waals surface area contributed by atoms with Crippen molar-refractivity contribution in [3.05, 3.63) is 53.6 Å². The molecule has 1 aliphatic heterocycles. The largest absolute Gasteiger partial charge is 0.436 e. The molecule has 0 bridgehead atoms. The number of nitrogens with zero attached hydrogens (tertiary/aromatic N) is 2. The summed E-state index contributed by atoms with van der Waals surface area (Å²) in [4.78, 5) is 16.1. The van der Waals surface area contributed by atoms with Gasteiger partial charge in [-0.25, -0.2) is 10.4 Å². The van der Waals surface area contributed by atoms with Gasteiger partial charge in [0.2, 0.25) is 11.8 Å². The van der Waals surface area contributed by atoms with E-state index in [4.69, 9.17) is 4.42 Å². The van der Waals surface area contributed by atoms with Crippen LogP contribution in [0.1, 0.15) is 17.5 Å². The minimum atomic E-state index is 0.0335. The molecule has 2 aromatic carbocycles. The SMILES string of the molecule is Cc1cccc(-c2nc3ccc(C4=NNC(=O)C5CC45)cc3o2)c1. The summed E-state index contributed by atoms with van der Waals surface area (Å²) in [5.41, 5.74) is 8.24. The molecule has 0 radical (unpaired) electrons. The van der Waals surface area contributed by atoms with Gasteiger partial charge in [0.1, 0.15) is 5.52 Å². The Morgan fingerprint density at radius 1 is 1.12 bits per heavy atom. The number of aryl methyl sites for hydroxylation is 1. The predicted octanol–water partition coefficient (Wildman–Crippen LogP) is 3.27. The Bertz CT molecular complexity index is 1020. The monoisotopic (exact) mass is 317 g/mol. The number of aromatic nitrogens is 1. The van der Waals surface area contributed by atoms with Crippen LogP contribution in [0.4, 0.5) is 0 Å². The molecular formula is C19H15N3O2. The van der Waals surface area contributed by atoms with Crippen LogP contribution in [0.3, 0.4) is 0 Å². The number of benzene rings is 2. The molecule has 1 aromatic heterocycles. The van der Waals surface area contributed by atoms with E-state index in [1.54, 1.807) is 0 Å². The molecule has 5 nitrogen and oxygen atoms in total. The maximum atomic E-state index is 11.6. The number of carbonyl (C=O) groups is 1. The summed E-state index contributed by atoms with van der Waals surface area (Å²) in [6, 6.07) is 14.0. The van der Waals surface area contributed by atoms with E-state index in [0.29, 0.717) is 5.89 Å². The number of rotatable bonds is 2. The second-order valence-electron chi connectivity index (χ2n) is 6.49. The number of hydrogen-bond donors (Lipinski definition) is 1. The van der Waals surface area contributed by atoms with Gasteiger partial charge < -0.3 is 4.42 Å². The fourth-order valence-corrected chi connectivity index (χ4v) is 3.33. The Hall–Kier alpha value is -2.95. The summed E-state index contributed by atoms with van der Waals surface area (Å²) in [6.07, 6.45) is 0.883. The van der Waals surface area contributed by atoms with E-state index in [1.807, 2.05) is 43.3 Å². The van der Waals surface area contributed by atoms with Crippen LogP contribution in [0.5, 0.6) is 0 Å². The first-order valence-electron chi connectivity index (χ1n) is 8.04. The molecule has 2 aliphatic rings. The fraction of sp³-hybridized carbons (Fsp3) is 0.211. The van der Waals surface area contributed by atoms with Gasteiger partial charge in [0.05, 0.1) is 5.71 Å². The van der Waals surface area contributed by atoms with E-state index in [2.05, 4.69) is 21.6 Å². The van der Waals surface area contributed by atoms with E-state index in [9.17, 15) is 4.79 Å². The number of carbonyl (C=O) groups excluding carboxylic acids is 1. The van der Waals surface area contributed by atoms with Crippen molar-refractivity contribution in [1.82, 2.24) is 10.4 Å². The van der Waals surface area contributed by atoms with Crippen molar-refractivity contribution >= 4 is 22.7 Å². The molecule has 0 spiro atoms. The molecular weight excluding hydrogens is 302 g/mol. The Kier molecular flexibility index (Phi) is 2.68. The van der Waals surface area contributed by atoms with E-state index >= 15 is 0 Å². The molecule has 118 valence electrons. The van der Waals surface area contributed by atoms with Crippen molar-refractivity contribution in [1.29, 1.82) is 0 Å². The maximum absolute atomic E-state index is 11.6. The normalized spacial score (nSPS) is 22.0. The molecule has 1 fully saturated rings. The molecule has 1 saturated carbocycles. The zero-order valence-corrected chi connectivity index (χ0v) is 13.1. The van der Waals surface area contributed by atoms with E-state index < -0.39 is 0 Å². The lowest BCUT2D eigenvalue weighted by atomic mass is 10.0. The highest BCUT2D eigenvalue weighted by molar-refractivity contribution is 6.10. The molecule has 5 heteroatoms. The second kappa shape index (κ2) is 4.77. The van der Waals surface area contributed by atoms with Crippen molar-refractivity contribution in [2.75, 3.05) is 0 Å². The van der Waals surface area contributed by atoms with Crippen LogP contribution >= 0.6 is 0 Å². The van der Waals surface area contributed by atoms with Crippen molar-refractivity contribution in [3.63, 3.8) is 0 Å². The van der Waals surface area contributed by atoms with Gasteiger partial charge in [-0.1, -0.05) is 23.8 Å². The average Bonchev–Trinajstić information content (AvgIpc) is 3.27. The van der Waals surface area contributed by atoms with E-state index in [-0.39, 0.29) is 17.7 Å². The molecule has 2 heterocycles. The Morgan fingerprint density at radius 2 is 2.04 bits per heavy atom. The van der Waals surface area contributed by atoms with Crippen molar-refractivity contribution in [3.8, 4) is 11.5 Å². The van der Waals surface area contributed by atoms with Gasteiger partial charge in [-0.2, -0.15) is 5.10 Å². The molecule has 3 aromatic rings. The van der Waals surface area contributed by atoms with E-state index in [1.165, 1.54) is 5.56 Å². The molecule has 2 unspecified atom stereocenters. The summed E-state index contributed by atoms with van der Waals surface area (Å²) in [5, 5.41) is 4.24. The molecule has 0 saturated heterocycles. The third kappa shape index (κ3) is 2.05. The highest BCUT2D eigenvalue weighted by atomic mass is 16.3. The minimum absolute atomic E-state index is 0.0335. The second-order valence-corrected chi connectivity index (χ2v) is 6.49. The molecule has 2 atom stereocenters. The zero-order chi connectivity index (χ0) is 16.3. The van der Waals surface area contributed by atoms with Gasteiger partial charge in [-0.15, -0.1) is 0 Å². The number of hydrazone groups is 1. The van der Waals surface area contributed by atoms with Crippen LogP contribution in [-0.2, 0) is 4.79 Å². The van der Waals surface area contributed by atoms with Crippen LogP contribution in [0, 0.1) is 18.8 Å². The van der Waals surface area contributed by atoms with Gasteiger partial charge in [0.15, 0.2) is 5.58 Å². The lowest BCUT2D eigenvalue weighted by molar-refractivity contribution is -0.122. The van der Waals surface area contributed by atoms with Gasteiger partial charge >= 0.3 is 0 Å². The number of nitrogens with one attached hydrogen (secondary N) is 1. The summed E-state index contributed by atoms with van der Waals surface area (Å²) < 4.78 is 5.96. The molecule has 24 heavy (non-hydrogen) atoms. The Morgan fingerprint density at radius 3 is 2.92 bits per heavy atom. The Labute approximate surface area is 138 Å². The lowest BCUT2D eigenvalue weighted by Gasteiger charge is -2.11. The first-order chi connectivity index (χ1) is 11.7. The highest BCUT2D eigenvalue weighted by Crippen LogP contribution is 2.43. The average molecular weight is 317 g/mol. The first kappa shape index (κ1) is 13.5. The van der Waals surface area contributed by atoms with Crippen LogP contribution < -0.4 is 5.43 Å². The van der Waals surface area contributed by atoms with Crippen LogP contribution in [0.15, 0.2) is 52.0 Å². The number of hydrogen-bond acceptors (Lipinski definition) is 4. The smallest absolute Gasteiger partial charge is 0.243 e. The standard InChI is InChI=1S/C19H15N3O2/c1-10-3-2-4-12(7-10)19-20-15-6-5-11(8-16(15)24-19)17-13-9-14(13)18(23)22-21-17/h2-8,13-14H,9H2,1H3,(H,22,23). The van der Waals surface area contributed by atoms with Crippen molar-refractivity contribution in [2.45, 2.75) is 13.3 Å². The molecule has 5 rings (SSSR count). The number of amides is 1. The molecule has 1 amide bonds. The summed E-state index contributed by atoms with van der Waals surface area (Å²) in [6.45, 7) is 2.05. The fourth-order valence-electron chi connectivity index (χ4n) is 3.33. The minimum Gasteiger partial charge on any atom is -0.436 e. The maximum Gasteiger partial charge on any atom is 0.243 e. The van der Waals surface area contributed by atoms with Crippen molar-refractivity contribution in [2.24, 2.45) is 16.9 Å². The first-order valence-corrected chi connectivity index (χ1v) is 8.04.